The molecule has 35 heavy (non-hydrogen) atoms. The summed E-state index contributed by atoms with van der Waals surface area (Å²) in [6.45, 7) is 14.5. The van der Waals surface area contributed by atoms with E-state index in [0.717, 1.165) is 58.9 Å². The van der Waals surface area contributed by atoms with Crippen molar-refractivity contribution in [1.82, 2.24) is 31.9 Å². The SMILES string of the molecule is CC(C)[O-].NCCNCCNCC[O-].NCCNCCNCC[O-].NCCNCCNCC[O-].[Ti+4]. The van der Waals surface area contributed by atoms with Crippen molar-refractivity contribution in [2.45, 2.75) is 20.0 Å². The molecule has 0 aliphatic heterocycles. The Kier molecular flexibility index (Phi) is 65.7. The Bertz CT molecular complexity index is 241. The predicted molar refractivity (Wildman–Crippen MR) is 134 cm³/mol. The van der Waals surface area contributed by atoms with E-state index in [2.05, 4.69) is 31.9 Å². The topological polar surface area (TPSA) is 242 Å². The summed E-state index contributed by atoms with van der Waals surface area (Å²) >= 11 is 0. The molecule has 0 aliphatic carbocycles. The second-order valence-electron chi connectivity index (χ2n) is 7.03. The normalized spacial score (nSPS) is 9.77. The van der Waals surface area contributed by atoms with Crippen LogP contribution in [-0.2, 0) is 21.7 Å². The van der Waals surface area contributed by atoms with Crippen molar-refractivity contribution in [3.8, 4) is 0 Å². The zero-order chi connectivity index (χ0) is 26.5. The molecule has 0 saturated heterocycles. The Balaban J connectivity index is -0.000000118. The molecule has 12 N–H and O–H groups in total. The van der Waals surface area contributed by atoms with Gasteiger partial charge in [-0.05, 0) is 19.6 Å². The monoisotopic (exact) mass is 545 g/mol. The Labute approximate surface area is 229 Å². The van der Waals surface area contributed by atoms with Crippen LogP contribution in [0.15, 0.2) is 0 Å². The zero-order valence-corrected chi connectivity index (χ0v) is 23.7. The van der Waals surface area contributed by atoms with Crippen LogP contribution in [0.5, 0.6) is 0 Å². The Hall–Kier alpha value is 0.194. The first-order valence-electron chi connectivity index (χ1n) is 12.2. The van der Waals surface area contributed by atoms with Gasteiger partial charge in [-0.3, -0.25) is 0 Å². The van der Waals surface area contributed by atoms with E-state index in [0.29, 0.717) is 39.3 Å². The quantitative estimate of drug-likeness (QED) is 0.0481. The van der Waals surface area contributed by atoms with Gasteiger partial charge in [-0.15, -0.1) is 25.9 Å². The van der Waals surface area contributed by atoms with Gasteiger partial charge in [-0.1, -0.05) is 13.8 Å². The standard InChI is InChI=1S/3C6H16N3O.C3H7O.Ti/c3*7-1-2-8-3-4-9-5-6-10;1-3(2)4;/h3*8-9H,1-7H2;3H,1-2H3;/q4*-1;+4. The molecule has 14 heteroatoms. The molecule has 0 fully saturated rings. The molecule has 212 valence electrons. The van der Waals surface area contributed by atoms with Crippen molar-refractivity contribution in [3.05, 3.63) is 0 Å². The Morgan fingerprint density at radius 1 is 0.457 bits per heavy atom. The number of nitrogens with two attached hydrogens (primary N) is 3. The van der Waals surface area contributed by atoms with Crippen LogP contribution in [-0.4, -0.2) is 124 Å². The molecule has 0 aromatic heterocycles. The first kappa shape index (κ1) is 45.1. The summed E-state index contributed by atoms with van der Waals surface area (Å²) in [4.78, 5) is 0. The number of nitrogens with one attached hydrogen (secondary N) is 6. The largest absolute Gasteiger partial charge is 4.00 e. The van der Waals surface area contributed by atoms with Gasteiger partial charge in [-0.2, -0.15) is 0 Å². The van der Waals surface area contributed by atoms with Crippen LogP contribution in [0.2, 0.25) is 0 Å². The Morgan fingerprint density at radius 2 is 0.629 bits per heavy atom. The van der Waals surface area contributed by atoms with Crippen molar-refractivity contribution in [3.63, 3.8) is 0 Å². The van der Waals surface area contributed by atoms with Gasteiger partial charge in [0.25, 0.3) is 0 Å². The first-order chi connectivity index (χ1) is 16.5. The molecule has 0 rings (SSSR count). The molecule has 0 unspecified atom stereocenters. The molecule has 0 atom stereocenters. The van der Waals surface area contributed by atoms with Crippen LogP contribution in [0.25, 0.3) is 0 Å². The molecule has 0 heterocycles. The average Bonchev–Trinajstić information content (AvgIpc) is 2.81. The average molecular weight is 546 g/mol. The second kappa shape index (κ2) is 50.9. The molecule has 0 aromatic rings. The minimum atomic E-state index is -0.417. The molecule has 0 spiro atoms. The van der Waals surface area contributed by atoms with E-state index in [1.165, 1.54) is 0 Å². The van der Waals surface area contributed by atoms with E-state index in [4.69, 9.17) is 17.2 Å². The van der Waals surface area contributed by atoms with E-state index >= 15 is 0 Å². The van der Waals surface area contributed by atoms with Crippen LogP contribution in [0.3, 0.4) is 0 Å². The van der Waals surface area contributed by atoms with Crippen LogP contribution in [0.1, 0.15) is 13.8 Å². The fourth-order valence-electron chi connectivity index (χ4n) is 1.80. The summed E-state index contributed by atoms with van der Waals surface area (Å²) < 4.78 is 0. The van der Waals surface area contributed by atoms with Gasteiger partial charge in [0, 0.05) is 78.5 Å². The van der Waals surface area contributed by atoms with Crippen molar-refractivity contribution in [2.24, 2.45) is 17.2 Å². The smallest absolute Gasteiger partial charge is 0.854 e. The first-order valence-corrected chi connectivity index (χ1v) is 12.2. The van der Waals surface area contributed by atoms with Crippen molar-refractivity contribution < 1.29 is 42.1 Å². The summed E-state index contributed by atoms with van der Waals surface area (Å²) in [7, 11) is 0. The minimum absolute atomic E-state index is 0. The van der Waals surface area contributed by atoms with Gasteiger partial charge in [0.2, 0.25) is 0 Å². The number of rotatable bonds is 21. The van der Waals surface area contributed by atoms with E-state index in [1.807, 2.05) is 0 Å². The summed E-state index contributed by atoms with van der Waals surface area (Å²) in [5.41, 5.74) is 15.7. The predicted octanol–water partition coefficient (Wildman–Crippen LogP) is -7.79. The third-order valence-electron chi connectivity index (χ3n) is 3.24. The van der Waals surface area contributed by atoms with Crippen LogP contribution >= 0.6 is 0 Å². The molecule has 0 aliphatic rings. The van der Waals surface area contributed by atoms with E-state index in [-0.39, 0.29) is 41.5 Å². The van der Waals surface area contributed by atoms with Crippen LogP contribution < -0.4 is 69.5 Å². The molecule has 0 amide bonds. The summed E-state index contributed by atoms with van der Waals surface area (Å²) in [6.07, 6.45) is -0.417. The second-order valence-corrected chi connectivity index (χ2v) is 7.03. The summed E-state index contributed by atoms with van der Waals surface area (Å²) in [5.74, 6) is 0. The number of hydrogen-bond acceptors (Lipinski definition) is 13. The Morgan fingerprint density at radius 3 is 0.771 bits per heavy atom. The zero-order valence-electron chi connectivity index (χ0n) is 22.2. The van der Waals surface area contributed by atoms with Gasteiger partial charge >= 0.3 is 21.7 Å². The molecule has 0 radical (unpaired) electrons. The van der Waals surface area contributed by atoms with E-state index in [1.54, 1.807) is 13.8 Å². The molecule has 0 aromatic carbocycles. The van der Waals surface area contributed by atoms with Crippen LogP contribution in [0.4, 0.5) is 0 Å². The summed E-state index contributed by atoms with van der Waals surface area (Å²) in [5, 5.41) is 57.5. The summed E-state index contributed by atoms with van der Waals surface area (Å²) in [6, 6.07) is 0. The third-order valence-corrected chi connectivity index (χ3v) is 3.24. The molecular formula is C21H55N9O4Ti. The minimum Gasteiger partial charge on any atom is -0.854 e. The molecular weight excluding hydrogens is 490 g/mol. The van der Waals surface area contributed by atoms with Crippen LogP contribution in [0, 0.1) is 0 Å². The van der Waals surface area contributed by atoms with Crippen molar-refractivity contribution in [1.29, 1.82) is 0 Å². The van der Waals surface area contributed by atoms with E-state index in [9.17, 15) is 20.4 Å². The molecule has 0 saturated carbocycles. The van der Waals surface area contributed by atoms with Crippen molar-refractivity contribution >= 4 is 0 Å². The van der Waals surface area contributed by atoms with Crippen molar-refractivity contribution in [2.75, 3.05) is 118 Å². The fraction of sp³-hybridized carbons (Fsp3) is 1.00. The van der Waals surface area contributed by atoms with Gasteiger partial charge in [0.05, 0.1) is 0 Å². The van der Waals surface area contributed by atoms with Gasteiger partial charge in [0.1, 0.15) is 0 Å². The maximum absolute atomic E-state index is 9.92. The maximum atomic E-state index is 9.92. The fourth-order valence-corrected chi connectivity index (χ4v) is 1.80. The van der Waals surface area contributed by atoms with Gasteiger partial charge in [-0.25, -0.2) is 0 Å². The third kappa shape index (κ3) is 78.9. The molecule has 0 bridgehead atoms. The van der Waals surface area contributed by atoms with E-state index < -0.39 is 6.10 Å². The van der Waals surface area contributed by atoms with Gasteiger partial charge in [0.15, 0.2) is 0 Å². The molecule has 13 nitrogen and oxygen atoms in total. The maximum Gasteiger partial charge on any atom is 4.00 e. The van der Waals surface area contributed by atoms with Gasteiger partial charge < -0.3 is 69.5 Å². The number of hydrogen-bond donors (Lipinski definition) is 9.